The normalized spacial score (nSPS) is 10.3. The van der Waals surface area contributed by atoms with E-state index in [4.69, 9.17) is 11.6 Å². The Morgan fingerprint density at radius 2 is 2.33 bits per heavy atom. The highest BCUT2D eigenvalue weighted by atomic mass is 79.9. The topological polar surface area (TPSA) is 37.8 Å². The van der Waals surface area contributed by atoms with Gasteiger partial charge in [0.15, 0.2) is 0 Å². The third kappa shape index (κ3) is 2.90. The first-order valence-corrected chi connectivity index (χ1v) is 6.21. The summed E-state index contributed by atoms with van der Waals surface area (Å²) in [5, 5.41) is 9.72. The van der Waals surface area contributed by atoms with Crippen LogP contribution >= 0.6 is 39.1 Å². The average Bonchev–Trinajstić information content (AvgIpc) is 2.69. The van der Waals surface area contributed by atoms with Gasteiger partial charge in [0.25, 0.3) is 0 Å². The monoisotopic (exact) mass is 303 g/mol. The van der Waals surface area contributed by atoms with Crippen molar-refractivity contribution >= 4 is 44.8 Å². The van der Waals surface area contributed by atoms with Gasteiger partial charge in [0.2, 0.25) is 0 Å². The summed E-state index contributed by atoms with van der Waals surface area (Å²) in [6.45, 7) is 0.637. The van der Waals surface area contributed by atoms with Crippen molar-refractivity contribution in [1.29, 1.82) is 0 Å². The Morgan fingerprint density at radius 1 is 1.47 bits per heavy atom. The highest BCUT2D eigenvalue weighted by Crippen LogP contribution is 2.25. The standard InChI is InChI=1S/C9H7BrClN3S/c10-6-1-2-9(8(11)3-6)12-4-7-5-15-14-13-7/h1-3,5,12H,4H2. The lowest BCUT2D eigenvalue weighted by atomic mass is 10.3. The van der Waals surface area contributed by atoms with E-state index in [1.807, 2.05) is 23.6 Å². The Labute approximate surface area is 105 Å². The SMILES string of the molecule is Clc1cc(Br)ccc1NCc1csnn1. The van der Waals surface area contributed by atoms with Crippen LogP contribution in [0.15, 0.2) is 28.1 Å². The number of hydrogen-bond donors (Lipinski definition) is 1. The number of aromatic nitrogens is 2. The first-order chi connectivity index (χ1) is 7.25. The molecule has 1 heterocycles. The Morgan fingerprint density at radius 3 is 3.00 bits per heavy atom. The fourth-order valence-corrected chi connectivity index (χ4v) is 2.27. The molecule has 0 aliphatic carbocycles. The van der Waals surface area contributed by atoms with Crippen molar-refractivity contribution in [3.05, 3.63) is 38.8 Å². The molecule has 0 aliphatic rings. The number of benzene rings is 1. The summed E-state index contributed by atoms with van der Waals surface area (Å²) in [6, 6.07) is 5.71. The van der Waals surface area contributed by atoms with Gasteiger partial charge in [-0.15, -0.1) is 5.10 Å². The first-order valence-electron chi connectivity index (χ1n) is 4.20. The molecule has 0 aliphatic heterocycles. The molecule has 2 aromatic rings. The highest BCUT2D eigenvalue weighted by molar-refractivity contribution is 9.10. The predicted molar refractivity (Wildman–Crippen MR) is 66.4 cm³/mol. The molecule has 0 atom stereocenters. The van der Waals surface area contributed by atoms with Gasteiger partial charge < -0.3 is 5.32 Å². The maximum absolute atomic E-state index is 6.04. The van der Waals surface area contributed by atoms with Crippen LogP contribution < -0.4 is 5.32 Å². The van der Waals surface area contributed by atoms with E-state index in [-0.39, 0.29) is 0 Å². The lowest BCUT2D eigenvalue weighted by Gasteiger charge is -2.06. The van der Waals surface area contributed by atoms with Crippen LogP contribution in [-0.4, -0.2) is 9.59 Å². The summed E-state index contributed by atoms with van der Waals surface area (Å²) >= 11 is 10.7. The van der Waals surface area contributed by atoms with Crippen molar-refractivity contribution in [2.45, 2.75) is 6.54 Å². The number of rotatable bonds is 3. The molecule has 0 fully saturated rings. The van der Waals surface area contributed by atoms with E-state index in [1.54, 1.807) is 0 Å². The van der Waals surface area contributed by atoms with E-state index in [9.17, 15) is 0 Å². The third-order valence-electron chi connectivity index (χ3n) is 1.80. The number of nitrogens with one attached hydrogen (secondary N) is 1. The number of anilines is 1. The number of halogens is 2. The van der Waals surface area contributed by atoms with Crippen molar-refractivity contribution in [3.63, 3.8) is 0 Å². The Bertz CT molecular complexity index is 447. The average molecular weight is 305 g/mol. The molecule has 1 aromatic heterocycles. The van der Waals surface area contributed by atoms with Crippen molar-refractivity contribution in [1.82, 2.24) is 9.59 Å². The molecule has 0 saturated heterocycles. The molecule has 0 unspecified atom stereocenters. The zero-order valence-corrected chi connectivity index (χ0v) is 10.7. The van der Waals surface area contributed by atoms with Crippen LogP contribution in [0.25, 0.3) is 0 Å². The van der Waals surface area contributed by atoms with Crippen LogP contribution in [0.2, 0.25) is 5.02 Å². The maximum Gasteiger partial charge on any atom is 0.0946 e. The molecular formula is C9H7BrClN3S. The van der Waals surface area contributed by atoms with Crippen LogP contribution in [-0.2, 0) is 6.54 Å². The molecule has 2 rings (SSSR count). The Balaban J connectivity index is 2.05. The zero-order chi connectivity index (χ0) is 10.7. The predicted octanol–water partition coefficient (Wildman–Crippen LogP) is 3.57. The molecule has 0 amide bonds. The fraction of sp³-hybridized carbons (Fsp3) is 0.111. The van der Waals surface area contributed by atoms with E-state index in [2.05, 4.69) is 30.8 Å². The van der Waals surface area contributed by atoms with Crippen molar-refractivity contribution in [3.8, 4) is 0 Å². The van der Waals surface area contributed by atoms with Crippen LogP contribution in [0.4, 0.5) is 5.69 Å². The summed E-state index contributed by atoms with van der Waals surface area (Å²) in [4.78, 5) is 0. The molecule has 0 bridgehead atoms. The fourth-order valence-electron chi connectivity index (χ4n) is 1.08. The lowest BCUT2D eigenvalue weighted by molar-refractivity contribution is 0.999. The van der Waals surface area contributed by atoms with Gasteiger partial charge in [0, 0.05) is 9.85 Å². The quantitative estimate of drug-likeness (QED) is 0.942. The summed E-state index contributed by atoms with van der Waals surface area (Å²) in [7, 11) is 0. The van der Waals surface area contributed by atoms with Gasteiger partial charge in [-0.05, 0) is 29.7 Å². The lowest BCUT2D eigenvalue weighted by Crippen LogP contribution is -2.00. The second kappa shape index (κ2) is 4.92. The molecule has 0 saturated carbocycles. The maximum atomic E-state index is 6.04. The van der Waals surface area contributed by atoms with Gasteiger partial charge in [-0.25, -0.2) is 0 Å². The Hall–Kier alpha value is -0.650. The molecule has 0 radical (unpaired) electrons. The van der Waals surface area contributed by atoms with Crippen molar-refractivity contribution < 1.29 is 0 Å². The molecule has 6 heteroatoms. The minimum atomic E-state index is 0.637. The minimum absolute atomic E-state index is 0.637. The van der Waals surface area contributed by atoms with Gasteiger partial charge in [0.1, 0.15) is 0 Å². The van der Waals surface area contributed by atoms with Crippen LogP contribution in [0.3, 0.4) is 0 Å². The smallest absolute Gasteiger partial charge is 0.0946 e. The summed E-state index contributed by atoms with van der Waals surface area (Å²) in [6.07, 6.45) is 0. The van der Waals surface area contributed by atoms with Crippen LogP contribution in [0.1, 0.15) is 5.69 Å². The number of nitrogens with zero attached hydrogens (tertiary/aromatic N) is 2. The molecule has 1 N–H and O–H groups in total. The highest BCUT2D eigenvalue weighted by Gasteiger charge is 2.01. The largest absolute Gasteiger partial charge is 0.378 e. The Kier molecular flexibility index (Phi) is 3.56. The summed E-state index contributed by atoms with van der Waals surface area (Å²) in [5.74, 6) is 0. The minimum Gasteiger partial charge on any atom is -0.378 e. The van der Waals surface area contributed by atoms with Gasteiger partial charge in [-0.1, -0.05) is 32.0 Å². The third-order valence-corrected chi connectivity index (χ3v) is 3.16. The summed E-state index contributed by atoms with van der Waals surface area (Å²) < 4.78 is 4.75. The van der Waals surface area contributed by atoms with Crippen LogP contribution in [0.5, 0.6) is 0 Å². The molecule has 15 heavy (non-hydrogen) atoms. The second-order valence-corrected chi connectivity index (χ2v) is 4.81. The van der Waals surface area contributed by atoms with E-state index in [1.165, 1.54) is 11.5 Å². The molecular weight excluding hydrogens is 298 g/mol. The van der Waals surface area contributed by atoms with Crippen molar-refractivity contribution in [2.75, 3.05) is 5.32 Å². The van der Waals surface area contributed by atoms with E-state index in [0.29, 0.717) is 11.6 Å². The first kappa shape index (κ1) is 10.9. The van der Waals surface area contributed by atoms with E-state index >= 15 is 0 Å². The number of hydrogen-bond acceptors (Lipinski definition) is 4. The van der Waals surface area contributed by atoms with Gasteiger partial charge in [-0.2, -0.15) is 0 Å². The van der Waals surface area contributed by atoms with Crippen LogP contribution in [0, 0.1) is 0 Å². The second-order valence-electron chi connectivity index (χ2n) is 2.87. The molecule has 1 aromatic carbocycles. The van der Waals surface area contributed by atoms with E-state index in [0.717, 1.165) is 15.9 Å². The zero-order valence-electron chi connectivity index (χ0n) is 7.58. The molecule has 3 nitrogen and oxygen atoms in total. The van der Waals surface area contributed by atoms with E-state index < -0.39 is 0 Å². The van der Waals surface area contributed by atoms with Gasteiger partial charge >= 0.3 is 0 Å². The molecule has 0 spiro atoms. The van der Waals surface area contributed by atoms with Crippen molar-refractivity contribution in [2.24, 2.45) is 0 Å². The molecule has 78 valence electrons. The summed E-state index contributed by atoms with van der Waals surface area (Å²) in [5.41, 5.74) is 1.81. The van der Waals surface area contributed by atoms with Gasteiger partial charge in [-0.3, -0.25) is 0 Å². The van der Waals surface area contributed by atoms with Gasteiger partial charge in [0.05, 0.1) is 22.9 Å².